The maximum Gasteiger partial charge on any atom is 0.255 e. The molecule has 2 N–H and O–H groups in total. The fourth-order valence-corrected chi connectivity index (χ4v) is 9.76. The fraction of sp³-hybridized carbons (Fsp3) is 0.523. The van der Waals surface area contributed by atoms with Gasteiger partial charge in [0.15, 0.2) is 0 Å². The Hall–Kier alpha value is -4.37. The topological polar surface area (TPSA) is 96.4 Å². The number of carbonyl (C=O) groups is 3. The van der Waals surface area contributed by atoms with E-state index in [-0.39, 0.29) is 24.1 Å². The third-order valence-electron chi connectivity index (χ3n) is 12.8. The molecule has 5 aliphatic rings. The average molecular weight is 718 g/mol. The first kappa shape index (κ1) is 35.6. The van der Waals surface area contributed by atoms with Crippen LogP contribution < -0.4 is 15.1 Å². The highest BCUT2D eigenvalue weighted by Crippen LogP contribution is 2.44. The number of carbonyl (C=O) groups excluding carboxylic acids is 3. The second-order valence-corrected chi connectivity index (χ2v) is 16.7. The van der Waals surface area contributed by atoms with Gasteiger partial charge in [-0.2, -0.15) is 0 Å². The highest BCUT2D eigenvalue weighted by atomic mass is 16.3. The number of imide groups is 1. The van der Waals surface area contributed by atoms with E-state index in [9.17, 15) is 19.5 Å². The van der Waals surface area contributed by atoms with Gasteiger partial charge in [-0.3, -0.25) is 24.6 Å². The molecule has 3 saturated heterocycles. The van der Waals surface area contributed by atoms with E-state index in [4.69, 9.17) is 0 Å². The van der Waals surface area contributed by atoms with Crippen LogP contribution in [-0.4, -0.2) is 84.5 Å². The number of anilines is 2. The molecular weight excluding hydrogens is 663 g/mol. The number of nitrogens with one attached hydrogen (secondary N) is 1. The molecule has 3 amide bonds. The molecular formula is C44H55N5O4. The normalized spacial score (nSPS) is 24.1. The van der Waals surface area contributed by atoms with Crippen LogP contribution in [0, 0.1) is 17.8 Å². The van der Waals surface area contributed by atoms with Crippen molar-refractivity contribution in [3.63, 3.8) is 0 Å². The number of phenols is 1. The largest absolute Gasteiger partial charge is 0.508 e. The molecule has 0 radical (unpaired) electrons. The minimum Gasteiger partial charge on any atom is -0.508 e. The Morgan fingerprint density at radius 1 is 0.774 bits per heavy atom. The summed E-state index contributed by atoms with van der Waals surface area (Å²) in [5.74, 6) is 2.07. The molecule has 9 nitrogen and oxygen atoms in total. The molecule has 0 spiro atoms. The van der Waals surface area contributed by atoms with Gasteiger partial charge in [-0.15, -0.1) is 0 Å². The van der Waals surface area contributed by atoms with Crippen LogP contribution in [0.25, 0.3) is 0 Å². The average Bonchev–Trinajstić information content (AvgIpc) is 3.49. The van der Waals surface area contributed by atoms with E-state index in [1.807, 2.05) is 24.3 Å². The van der Waals surface area contributed by atoms with Crippen molar-refractivity contribution in [3.8, 4) is 5.75 Å². The Bertz CT molecular complexity index is 1830. The number of rotatable bonds is 9. The number of nitrogens with zero attached hydrogens (tertiary/aromatic N) is 4. The maximum atomic E-state index is 13.1. The summed E-state index contributed by atoms with van der Waals surface area (Å²) >= 11 is 0. The van der Waals surface area contributed by atoms with Gasteiger partial charge >= 0.3 is 0 Å². The number of aromatic hydroxyl groups is 1. The van der Waals surface area contributed by atoms with E-state index >= 15 is 0 Å². The summed E-state index contributed by atoms with van der Waals surface area (Å²) < 4.78 is 0. The molecule has 0 saturated carbocycles. The number of hydrogen-bond acceptors (Lipinski definition) is 7. The summed E-state index contributed by atoms with van der Waals surface area (Å²) in [7, 11) is 0. The summed E-state index contributed by atoms with van der Waals surface area (Å²) in [6.45, 7) is 12.4. The predicted octanol–water partition coefficient (Wildman–Crippen LogP) is 6.32. The molecule has 1 aliphatic carbocycles. The summed E-state index contributed by atoms with van der Waals surface area (Å²) in [5.41, 5.74) is 8.22. The minimum atomic E-state index is -0.582. The zero-order valence-electron chi connectivity index (χ0n) is 31.4. The number of aryl methyl sites for hydroxylation is 1. The quantitative estimate of drug-likeness (QED) is 0.250. The Labute approximate surface area is 314 Å². The lowest BCUT2D eigenvalue weighted by atomic mass is 9.70. The van der Waals surface area contributed by atoms with E-state index in [2.05, 4.69) is 70.3 Å². The van der Waals surface area contributed by atoms with Gasteiger partial charge in [0.25, 0.3) is 5.91 Å². The molecule has 4 heterocycles. The van der Waals surface area contributed by atoms with Gasteiger partial charge in [0.05, 0.1) is 0 Å². The van der Waals surface area contributed by atoms with Crippen molar-refractivity contribution in [1.29, 1.82) is 0 Å². The van der Waals surface area contributed by atoms with E-state index in [0.29, 0.717) is 48.0 Å². The van der Waals surface area contributed by atoms with Crippen molar-refractivity contribution in [2.45, 2.75) is 83.7 Å². The predicted molar refractivity (Wildman–Crippen MR) is 208 cm³/mol. The van der Waals surface area contributed by atoms with Crippen LogP contribution in [0.5, 0.6) is 5.75 Å². The van der Waals surface area contributed by atoms with Crippen LogP contribution in [0.4, 0.5) is 11.4 Å². The summed E-state index contributed by atoms with van der Waals surface area (Å²) in [5, 5.41) is 12.6. The van der Waals surface area contributed by atoms with Crippen molar-refractivity contribution in [1.82, 2.24) is 15.1 Å². The number of hydrogen-bond donors (Lipinski definition) is 2. The number of amides is 3. The number of fused-ring (bicyclic) bond motifs is 2. The molecule has 4 aliphatic heterocycles. The van der Waals surface area contributed by atoms with E-state index < -0.39 is 6.04 Å². The molecule has 3 aromatic rings. The Morgan fingerprint density at radius 2 is 1.51 bits per heavy atom. The number of benzene rings is 3. The number of piperidine rings is 2. The molecule has 3 aromatic carbocycles. The lowest BCUT2D eigenvalue weighted by Crippen LogP contribution is -2.52. The second-order valence-electron chi connectivity index (χ2n) is 16.7. The third kappa shape index (κ3) is 7.55. The molecule has 3 atom stereocenters. The first-order valence-corrected chi connectivity index (χ1v) is 20.1. The van der Waals surface area contributed by atoms with E-state index in [1.54, 1.807) is 4.90 Å². The molecule has 53 heavy (non-hydrogen) atoms. The molecule has 0 unspecified atom stereocenters. The van der Waals surface area contributed by atoms with Gasteiger partial charge in [-0.1, -0.05) is 38.5 Å². The van der Waals surface area contributed by atoms with Crippen molar-refractivity contribution in [2.24, 2.45) is 17.8 Å². The van der Waals surface area contributed by atoms with E-state index in [1.165, 1.54) is 54.5 Å². The zero-order valence-corrected chi connectivity index (χ0v) is 31.4. The zero-order chi connectivity index (χ0) is 36.6. The maximum absolute atomic E-state index is 13.1. The lowest BCUT2D eigenvalue weighted by molar-refractivity contribution is -0.136. The minimum absolute atomic E-state index is 0.118. The van der Waals surface area contributed by atoms with Crippen molar-refractivity contribution < 1.29 is 19.5 Å². The SMILES string of the molecule is CC(C)CC[C@@H]1CCc2cc(O)ccc2[C@@H]1c1ccc(N2CCC(CN3CCN(c4ccc5c(c4)CN([C@@H]4CCC(=O)NC4=O)C5=O)CC3)CC2)cc1. The third-order valence-corrected chi connectivity index (χ3v) is 12.8. The standard InChI is InChI=1S/C44H55N5O4/c1-29(2)3-4-31-5-6-33-26-37(50)12-14-38(33)42(31)32-7-9-35(10-8-32)47-19-17-30(18-20-47)27-46-21-23-48(24-22-46)36-11-13-39-34(25-36)28-49(44(39)53)40-15-16-41(51)45-43(40)52/h7-14,25-26,29-31,40,42,50H,3-6,15-24,27-28H2,1-2H3,(H,45,51,52)/t31-,40-,42+/m1/s1. The van der Waals surface area contributed by atoms with Crippen LogP contribution in [0.3, 0.4) is 0 Å². The van der Waals surface area contributed by atoms with Crippen LogP contribution in [0.15, 0.2) is 60.7 Å². The number of piperazine rings is 1. The molecule has 0 aromatic heterocycles. The van der Waals surface area contributed by atoms with Crippen molar-refractivity contribution in [3.05, 3.63) is 88.5 Å². The second kappa shape index (κ2) is 15.2. The van der Waals surface area contributed by atoms with Gasteiger partial charge in [0.2, 0.25) is 11.8 Å². The van der Waals surface area contributed by atoms with Gasteiger partial charge < -0.3 is 19.8 Å². The highest BCUT2D eigenvalue weighted by molar-refractivity contribution is 6.05. The van der Waals surface area contributed by atoms with Crippen LogP contribution in [-0.2, 0) is 22.6 Å². The summed E-state index contributed by atoms with van der Waals surface area (Å²) in [4.78, 5) is 46.5. The molecule has 280 valence electrons. The number of phenolic OH excluding ortho intramolecular Hbond substituents is 1. The van der Waals surface area contributed by atoms with Crippen molar-refractivity contribution in [2.75, 3.05) is 55.6 Å². The first-order chi connectivity index (χ1) is 25.7. The lowest BCUT2D eigenvalue weighted by Gasteiger charge is -2.40. The smallest absolute Gasteiger partial charge is 0.255 e. The monoisotopic (exact) mass is 717 g/mol. The Kier molecular flexibility index (Phi) is 10.2. The first-order valence-electron chi connectivity index (χ1n) is 20.1. The highest BCUT2D eigenvalue weighted by Gasteiger charge is 2.39. The van der Waals surface area contributed by atoms with Gasteiger partial charge in [-0.05, 0) is 121 Å². The van der Waals surface area contributed by atoms with Gasteiger partial charge in [0, 0.05) is 81.6 Å². The summed E-state index contributed by atoms with van der Waals surface area (Å²) in [6, 6.07) is 21.0. The van der Waals surface area contributed by atoms with E-state index in [0.717, 1.165) is 63.5 Å². The fourth-order valence-electron chi connectivity index (χ4n) is 9.76. The van der Waals surface area contributed by atoms with Crippen LogP contribution in [0.2, 0.25) is 0 Å². The summed E-state index contributed by atoms with van der Waals surface area (Å²) in [6.07, 6.45) is 7.80. The van der Waals surface area contributed by atoms with Crippen LogP contribution >= 0.6 is 0 Å². The molecule has 9 heteroatoms. The molecule has 8 rings (SSSR count). The Morgan fingerprint density at radius 3 is 2.25 bits per heavy atom. The molecule has 0 bridgehead atoms. The van der Waals surface area contributed by atoms with Crippen LogP contribution in [0.1, 0.15) is 97.3 Å². The van der Waals surface area contributed by atoms with Gasteiger partial charge in [-0.25, -0.2) is 0 Å². The molecule has 3 fully saturated rings. The Balaban J connectivity index is 0.825. The van der Waals surface area contributed by atoms with Crippen molar-refractivity contribution >= 4 is 29.1 Å². The van der Waals surface area contributed by atoms with Gasteiger partial charge in [0.1, 0.15) is 11.8 Å².